The first-order chi connectivity index (χ1) is 7.72. The summed E-state index contributed by atoms with van der Waals surface area (Å²) in [5.74, 6) is 0.0848. The zero-order valence-electron chi connectivity index (χ0n) is 9.60. The number of nitrogen functional groups attached to an aromatic ring is 1. The van der Waals surface area contributed by atoms with Crippen molar-refractivity contribution in [3.05, 3.63) is 29.8 Å². The molecule has 0 spiro atoms. The van der Waals surface area contributed by atoms with Crippen molar-refractivity contribution >= 4 is 23.9 Å². The molecule has 4 N–H and O–H groups in total. The Morgan fingerprint density at radius 2 is 2.29 bits per heavy atom. The molecule has 0 amide bonds. The monoisotopic (exact) mass is 255 g/mol. The third-order valence-corrected chi connectivity index (χ3v) is 3.08. The third-order valence-electron chi connectivity index (χ3n) is 3.08. The van der Waals surface area contributed by atoms with Crippen LogP contribution >= 0.6 is 12.4 Å². The van der Waals surface area contributed by atoms with Crippen molar-refractivity contribution in [3.8, 4) is 0 Å². The van der Waals surface area contributed by atoms with Crippen LogP contribution in [0.2, 0.25) is 0 Å². The van der Waals surface area contributed by atoms with Crippen LogP contribution in [0.4, 0.5) is 5.69 Å². The number of rotatable bonds is 3. The molecular weight excluding hydrogens is 238 g/mol. The van der Waals surface area contributed by atoms with Crippen LogP contribution < -0.4 is 10.6 Å². The van der Waals surface area contributed by atoms with Crippen molar-refractivity contribution in [1.82, 2.24) is 0 Å². The van der Waals surface area contributed by atoms with E-state index in [1.165, 1.54) is 0 Å². The molecule has 4 nitrogen and oxygen atoms in total. The number of hydrogen-bond donors (Lipinski definition) is 3. The lowest BCUT2D eigenvalue weighted by molar-refractivity contribution is 0.266. The number of benzene rings is 1. The van der Waals surface area contributed by atoms with Gasteiger partial charge in [0.25, 0.3) is 0 Å². The number of anilines is 1. The number of hydrogen-bond acceptors (Lipinski definition) is 3. The predicted octanol–water partition coefficient (Wildman–Crippen LogP) is 1.35. The molecule has 0 saturated carbocycles. The van der Waals surface area contributed by atoms with E-state index in [1.54, 1.807) is 0 Å². The van der Waals surface area contributed by atoms with Crippen LogP contribution in [0.5, 0.6) is 0 Å². The smallest absolute Gasteiger partial charge is 0.122 e. The predicted molar refractivity (Wildman–Crippen MR) is 72.2 cm³/mol. The standard InChI is InChI=1S/C12H17N3O.ClH/c13-12(14)9-3-1-4-10(7-9)15-6-2-5-11(15)8-16;/h1,3-4,7,11,16H,2,5-6,8H2,(H3,13,14);1H/t11-;/m1./s1. The van der Waals surface area contributed by atoms with Crippen LogP contribution in [0.1, 0.15) is 18.4 Å². The van der Waals surface area contributed by atoms with Crippen LogP contribution in [-0.4, -0.2) is 30.1 Å². The summed E-state index contributed by atoms with van der Waals surface area (Å²) in [4.78, 5) is 2.19. The molecule has 2 rings (SSSR count). The molecular formula is C12H18ClN3O. The van der Waals surface area contributed by atoms with Crippen molar-refractivity contribution in [1.29, 1.82) is 5.41 Å². The van der Waals surface area contributed by atoms with E-state index >= 15 is 0 Å². The topological polar surface area (TPSA) is 73.3 Å². The van der Waals surface area contributed by atoms with Gasteiger partial charge in [-0.3, -0.25) is 5.41 Å². The Hall–Kier alpha value is -1.26. The lowest BCUT2D eigenvalue weighted by Crippen LogP contribution is -2.32. The fourth-order valence-electron chi connectivity index (χ4n) is 2.22. The Balaban J connectivity index is 0.00000144. The van der Waals surface area contributed by atoms with Gasteiger partial charge in [0, 0.05) is 17.8 Å². The van der Waals surface area contributed by atoms with E-state index in [0.29, 0.717) is 0 Å². The van der Waals surface area contributed by atoms with Gasteiger partial charge >= 0.3 is 0 Å². The first-order valence-corrected chi connectivity index (χ1v) is 5.54. The second-order valence-corrected chi connectivity index (χ2v) is 4.14. The average molecular weight is 256 g/mol. The second kappa shape index (κ2) is 5.89. The van der Waals surface area contributed by atoms with Crippen LogP contribution in [0.25, 0.3) is 0 Å². The van der Waals surface area contributed by atoms with Crippen LogP contribution in [0, 0.1) is 5.41 Å². The zero-order chi connectivity index (χ0) is 11.5. The molecule has 0 radical (unpaired) electrons. The Morgan fingerprint density at radius 1 is 1.53 bits per heavy atom. The van der Waals surface area contributed by atoms with E-state index in [9.17, 15) is 5.11 Å². The number of aliphatic hydroxyl groups is 1. The highest BCUT2D eigenvalue weighted by Crippen LogP contribution is 2.25. The number of nitrogens with zero attached hydrogens (tertiary/aromatic N) is 1. The van der Waals surface area contributed by atoms with Crippen LogP contribution in [0.15, 0.2) is 24.3 Å². The molecule has 0 aliphatic carbocycles. The number of aliphatic hydroxyl groups excluding tert-OH is 1. The van der Waals surface area contributed by atoms with Crippen molar-refractivity contribution in [2.75, 3.05) is 18.1 Å². The first kappa shape index (κ1) is 13.8. The lowest BCUT2D eigenvalue weighted by atomic mass is 10.1. The second-order valence-electron chi connectivity index (χ2n) is 4.14. The van der Waals surface area contributed by atoms with E-state index < -0.39 is 0 Å². The normalized spacial score (nSPS) is 18.9. The van der Waals surface area contributed by atoms with Crippen LogP contribution in [0.3, 0.4) is 0 Å². The quantitative estimate of drug-likeness (QED) is 0.564. The summed E-state index contributed by atoms with van der Waals surface area (Å²) in [6.45, 7) is 1.15. The molecule has 0 unspecified atom stereocenters. The summed E-state index contributed by atoms with van der Waals surface area (Å²) >= 11 is 0. The lowest BCUT2D eigenvalue weighted by Gasteiger charge is -2.25. The fraction of sp³-hybridized carbons (Fsp3) is 0.417. The number of nitrogens with two attached hydrogens (primary N) is 1. The minimum Gasteiger partial charge on any atom is -0.394 e. The molecule has 1 aliphatic heterocycles. The molecule has 94 valence electrons. The van der Waals surface area contributed by atoms with Crippen LogP contribution in [-0.2, 0) is 0 Å². The maximum Gasteiger partial charge on any atom is 0.122 e. The summed E-state index contributed by atoms with van der Waals surface area (Å²) in [5, 5.41) is 16.7. The zero-order valence-corrected chi connectivity index (χ0v) is 10.4. The van der Waals surface area contributed by atoms with Gasteiger partial charge in [-0.1, -0.05) is 12.1 Å². The summed E-state index contributed by atoms with van der Waals surface area (Å²) < 4.78 is 0. The molecule has 0 aromatic heterocycles. The number of nitrogens with one attached hydrogen (secondary N) is 1. The van der Waals surface area contributed by atoms with Gasteiger partial charge in [0.1, 0.15) is 5.84 Å². The van der Waals surface area contributed by atoms with E-state index in [4.69, 9.17) is 11.1 Å². The number of amidine groups is 1. The largest absolute Gasteiger partial charge is 0.394 e. The summed E-state index contributed by atoms with van der Waals surface area (Å²) in [7, 11) is 0. The Labute approximate surface area is 107 Å². The highest BCUT2D eigenvalue weighted by molar-refractivity contribution is 5.95. The van der Waals surface area contributed by atoms with E-state index in [0.717, 1.165) is 30.6 Å². The van der Waals surface area contributed by atoms with Gasteiger partial charge in [0.2, 0.25) is 0 Å². The molecule has 5 heteroatoms. The van der Waals surface area contributed by atoms with Crippen molar-refractivity contribution in [2.45, 2.75) is 18.9 Å². The average Bonchev–Trinajstić information content (AvgIpc) is 2.77. The van der Waals surface area contributed by atoms with Gasteiger partial charge in [-0.25, -0.2) is 0 Å². The molecule has 17 heavy (non-hydrogen) atoms. The minimum absolute atomic E-state index is 0. The van der Waals surface area contributed by atoms with Gasteiger partial charge in [-0.2, -0.15) is 0 Å². The van der Waals surface area contributed by atoms with Gasteiger partial charge in [0.05, 0.1) is 12.6 Å². The highest BCUT2D eigenvalue weighted by atomic mass is 35.5. The molecule has 1 aromatic carbocycles. The first-order valence-electron chi connectivity index (χ1n) is 5.54. The molecule has 1 heterocycles. The van der Waals surface area contributed by atoms with Gasteiger partial charge < -0.3 is 15.7 Å². The molecule has 1 fully saturated rings. The van der Waals surface area contributed by atoms with Gasteiger partial charge in [0.15, 0.2) is 0 Å². The van der Waals surface area contributed by atoms with E-state index in [2.05, 4.69) is 4.90 Å². The summed E-state index contributed by atoms with van der Waals surface area (Å²) in [5.41, 5.74) is 7.25. The Morgan fingerprint density at radius 3 is 2.94 bits per heavy atom. The maximum absolute atomic E-state index is 9.27. The molecule has 0 bridgehead atoms. The molecule has 1 atom stereocenters. The summed E-state index contributed by atoms with van der Waals surface area (Å²) in [6.07, 6.45) is 2.14. The van der Waals surface area contributed by atoms with E-state index in [-0.39, 0.29) is 30.9 Å². The fourth-order valence-corrected chi connectivity index (χ4v) is 2.22. The Bertz CT molecular complexity index is 397. The minimum atomic E-state index is 0. The van der Waals surface area contributed by atoms with Crippen molar-refractivity contribution < 1.29 is 5.11 Å². The molecule has 1 saturated heterocycles. The SMILES string of the molecule is Cl.N=C(N)c1cccc(N2CCC[C@@H]2CO)c1. The third kappa shape index (κ3) is 2.90. The molecule has 1 aromatic rings. The van der Waals surface area contributed by atoms with Gasteiger partial charge in [-0.15, -0.1) is 12.4 Å². The number of halogens is 1. The van der Waals surface area contributed by atoms with Crippen molar-refractivity contribution in [3.63, 3.8) is 0 Å². The highest BCUT2D eigenvalue weighted by Gasteiger charge is 2.23. The Kier molecular flexibility index (Phi) is 4.78. The van der Waals surface area contributed by atoms with Gasteiger partial charge in [-0.05, 0) is 25.0 Å². The van der Waals surface area contributed by atoms with Crippen molar-refractivity contribution in [2.24, 2.45) is 5.73 Å². The maximum atomic E-state index is 9.27. The summed E-state index contributed by atoms with van der Waals surface area (Å²) in [6, 6.07) is 7.85. The molecule has 1 aliphatic rings. The van der Waals surface area contributed by atoms with E-state index in [1.807, 2.05) is 24.3 Å².